The molecule has 0 atom stereocenters. The van der Waals surface area contributed by atoms with E-state index in [9.17, 15) is 0 Å². The number of benzene rings is 1. The van der Waals surface area contributed by atoms with E-state index in [0.29, 0.717) is 0 Å². The molecule has 0 unspecified atom stereocenters. The van der Waals surface area contributed by atoms with E-state index in [-0.39, 0.29) is 0 Å². The molecule has 1 aromatic carbocycles. The standard InChI is InChI=1S/C13H16OS/c1-4-9-6-7-12-10(8-9)13(15-3)11(5-2)14-12/h6-8H,4-5H2,1-3H3. The quantitative estimate of drug-likeness (QED) is 0.716. The van der Waals surface area contributed by atoms with Crippen LogP contribution < -0.4 is 0 Å². The minimum absolute atomic E-state index is 0.965. The Kier molecular flexibility index (Phi) is 3.06. The van der Waals surface area contributed by atoms with Crippen LogP contribution in [0.4, 0.5) is 0 Å². The highest BCUT2D eigenvalue weighted by atomic mass is 32.2. The molecule has 1 aromatic heterocycles. The molecule has 0 amide bonds. The van der Waals surface area contributed by atoms with Gasteiger partial charge in [0.05, 0.1) is 4.90 Å². The molecule has 0 radical (unpaired) electrons. The Morgan fingerprint density at radius 1 is 1.20 bits per heavy atom. The van der Waals surface area contributed by atoms with Crippen molar-refractivity contribution in [2.45, 2.75) is 31.6 Å². The van der Waals surface area contributed by atoms with Crippen LogP contribution in [0.2, 0.25) is 0 Å². The van der Waals surface area contributed by atoms with Crippen LogP contribution >= 0.6 is 11.8 Å². The van der Waals surface area contributed by atoms with E-state index in [0.717, 1.165) is 24.2 Å². The van der Waals surface area contributed by atoms with Crippen LogP contribution in [0.5, 0.6) is 0 Å². The molecule has 2 aromatic rings. The fourth-order valence-corrected chi connectivity index (χ4v) is 2.64. The zero-order valence-corrected chi connectivity index (χ0v) is 10.3. The molecule has 0 aliphatic carbocycles. The molecule has 0 aliphatic heterocycles. The molecular formula is C13H16OS. The Labute approximate surface area is 94.9 Å². The smallest absolute Gasteiger partial charge is 0.135 e. The molecule has 0 saturated carbocycles. The maximum absolute atomic E-state index is 5.82. The normalized spacial score (nSPS) is 11.1. The van der Waals surface area contributed by atoms with Crippen LogP contribution in [0.3, 0.4) is 0 Å². The molecule has 0 fully saturated rings. The number of hydrogen-bond donors (Lipinski definition) is 0. The molecule has 0 spiro atoms. The number of rotatable bonds is 3. The average Bonchev–Trinajstić information content (AvgIpc) is 2.65. The van der Waals surface area contributed by atoms with Crippen molar-refractivity contribution in [3.63, 3.8) is 0 Å². The van der Waals surface area contributed by atoms with Gasteiger partial charge in [0.15, 0.2) is 0 Å². The van der Waals surface area contributed by atoms with Gasteiger partial charge in [0.2, 0.25) is 0 Å². The zero-order valence-electron chi connectivity index (χ0n) is 9.46. The molecule has 0 bridgehead atoms. The van der Waals surface area contributed by atoms with Crippen LogP contribution in [0.25, 0.3) is 11.0 Å². The first-order chi connectivity index (χ1) is 7.30. The van der Waals surface area contributed by atoms with Gasteiger partial charge in [-0.3, -0.25) is 0 Å². The van der Waals surface area contributed by atoms with Crippen LogP contribution in [0.15, 0.2) is 27.5 Å². The molecule has 80 valence electrons. The summed E-state index contributed by atoms with van der Waals surface area (Å²) < 4.78 is 5.82. The summed E-state index contributed by atoms with van der Waals surface area (Å²) in [5, 5.41) is 1.28. The highest BCUT2D eigenvalue weighted by molar-refractivity contribution is 7.98. The third-order valence-corrected chi connectivity index (χ3v) is 3.56. The lowest BCUT2D eigenvalue weighted by atomic mass is 10.1. The predicted molar refractivity (Wildman–Crippen MR) is 66.8 cm³/mol. The lowest BCUT2D eigenvalue weighted by molar-refractivity contribution is 0.546. The molecule has 2 rings (SSSR count). The Morgan fingerprint density at radius 3 is 2.60 bits per heavy atom. The summed E-state index contributed by atoms with van der Waals surface area (Å²) in [5.41, 5.74) is 2.40. The van der Waals surface area contributed by atoms with Gasteiger partial charge in [-0.1, -0.05) is 19.9 Å². The second-order valence-corrected chi connectivity index (χ2v) is 4.41. The number of furan rings is 1. The number of hydrogen-bond acceptors (Lipinski definition) is 2. The second kappa shape index (κ2) is 4.31. The highest BCUT2D eigenvalue weighted by Gasteiger charge is 2.11. The van der Waals surface area contributed by atoms with Gasteiger partial charge in [-0.25, -0.2) is 0 Å². The van der Waals surface area contributed by atoms with Gasteiger partial charge >= 0.3 is 0 Å². The largest absolute Gasteiger partial charge is 0.460 e. The first-order valence-corrected chi connectivity index (χ1v) is 6.60. The Hall–Kier alpha value is -0.890. The average molecular weight is 220 g/mol. The van der Waals surface area contributed by atoms with E-state index in [1.807, 2.05) is 0 Å². The third kappa shape index (κ3) is 1.78. The van der Waals surface area contributed by atoms with E-state index < -0.39 is 0 Å². The fourth-order valence-electron chi connectivity index (χ4n) is 1.85. The van der Waals surface area contributed by atoms with Crippen LogP contribution in [0.1, 0.15) is 25.2 Å². The van der Waals surface area contributed by atoms with E-state index in [1.165, 1.54) is 15.8 Å². The highest BCUT2D eigenvalue weighted by Crippen LogP contribution is 2.33. The van der Waals surface area contributed by atoms with Gasteiger partial charge in [-0.2, -0.15) is 0 Å². The summed E-state index contributed by atoms with van der Waals surface area (Å²) >= 11 is 1.78. The van der Waals surface area contributed by atoms with E-state index >= 15 is 0 Å². The van der Waals surface area contributed by atoms with Crippen molar-refractivity contribution in [2.75, 3.05) is 6.26 Å². The SMILES string of the molecule is CCc1ccc2oc(CC)c(SC)c2c1. The summed E-state index contributed by atoms with van der Waals surface area (Å²) in [5.74, 6) is 1.12. The van der Waals surface area contributed by atoms with Crippen molar-refractivity contribution in [3.8, 4) is 0 Å². The number of fused-ring (bicyclic) bond motifs is 1. The summed E-state index contributed by atoms with van der Waals surface area (Å²) in [4.78, 5) is 1.31. The minimum Gasteiger partial charge on any atom is -0.460 e. The van der Waals surface area contributed by atoms with E-state index in [2.05, 4.69) is 38.3 Å². The van der Waals surface area contributed by atoms with Gasteiger partial charge in [0.1, 0.15) is 11.3 Å². The van der Waals surface area contributed by atoms with Gasteiger partial charge in [0.25, 0.3) is 0 Å². The molecule has 0 aliphatic rings. The third-order valence-electron chi connectivity index (χ3n) is 2.71. The maximum atomic E-state index is 5.82. The van der Waals surface area contributed by atoms with Crippen molar-refractivity contribution in [1.29, 1.82) is 0 Å². The molecular weight excluding hydrogens is 204 g/mol. The summed E-state index contributed by atoms with van der Waals surface area (Å²) in [7, 11) is 0. The lowest BCUT2D eigenvalue weighted by Gasteiger charge is -1.97. The van der Waals surface area contributed by atoms with Crippen molar-refractivity contribution < 1.29 is 4.42 Å². The summed E-state index contributed by atoms with van der Waals surface area (Å²) in [6, 6.07) is 6.49. The van der Waals surface area contributed by atoms with E-state index in [1.54, 1.807) is 11.8 Å². The number of aryl methyl sites for hydroxylation is 2. The summed E-state index contributed by atoms with van der Waals surface area (Å²) in [6.07, 6.45) is 4.16. The van der Waals surface area contributed by atoms with Crippen molar-refractivity contribution in [3.05, 3.63) is 29.5 Å². The van der Waals surface area contributed by atoms with Crippen molar-refractivity contribution in [2.24, 2.45) is 0 Å². The van der Waals surface area contributed by atoms with Crippen LogP contribution in [-0.2, 0) is 12.8 Å². The minimum atomic E-state index is 0.965. The van der Waals surface area contributed by atoms with Gasteiger partial charge < -0.3 is 4.42 Å². The Morgan fingerprint density at radius 2 is 2.00 bits per heavy atom. The predicted octanol–water partition coefficient (Wildman–Crippen LogP) is 4.28. The van der Waals surface area contributed by atoms with Gasteiger partial charge in [-0.15, -0.1) is 11.8 Å². The maximum Gasteiger partial charge on any atom is 0.135 e. The Bertz CT molecular complexity index is 471. The number of thioether (sulfide) groups is 1. The van der Waals surface area contributed by atoms with Crippen LogP contribution in [0, 0.1) is 0 Å². The van der Waals surface area contributed by atoms with Gasteiger partial charge in [0, 0.05) is 11.8 Å². The lowest BCUT2D eigenvalue weighted by Crippen LogP contribution is -1.79. The first-order valence-electron chi connectivity index (χ1n) is 5.38. The monoisotopic (exact) mass is 220 g/mol. The first kappa shape index (κ1) is 10.6. The molecule has 0 saturated heterocycles. The van der Waals surface area contributed by atoms with Gasteiger partial charge in [-0.05, 0) is 30.4 Å². The molecule has 1 nitrogen and oxygen atoms in total. The molecule has 15 heavy (non-hydrogen) atoms. The van der Waals surface area contributed by atoms with E-state index in [4.69, 9.17) is 4.42 Å². The summed E-state index contributed by atoms with van der Waals surface area (Å²) in [6.45, 7) is 4.32. The molecule has 1 heterocycles. The molecule has 2 heteroatoms. The van der Waals surface area contributed by atoms with Crippen LogP contribution in [-0.4, -0.2) is 6.26 Å². The molecule has 0 N–H and O–H groups in total. The van der Waals surface area contributed by atoms with Crippen molar-refractivity contribution >= 4 is 22.7 Å². The topological polar surface area (TPSA) is 13.1 Å². The fraction of sp³-hybridized carbons (Fsp3) is 0.385. The Balaban J connectivity index is 2.67. The van der Waals surface area contributed by atoms with Crippen molar-refractivity contribution in [1.82, 2.24) is 0 Å². The zero-order chi connectivity index (χ0) is 10.8. The second-order valence-electron chi connectivity index (χ2n) is 3.60.